The first kappa shape index (κ1) is 61.8. The van der Waals surface area contributed by atoms with E-state index in [1.807, 2.05) is 55.5 Å². The minimum Gasteiger partial charge on any atom is -0.320 e. The largest absolute Gasteiger partial charge is 0.320 e. The van der Waals surface area contributed by atoms with Crippen molar-refractivity contribution in [1.82, 2.24) is 10.6 Å². The maximum atomic E-state index is 4.12. The van der Waals surface area contributed by atoms with Gasteiger partial charge in [-0.2, -0.15) is 0 Å². The molecule has 2 nitrogen and oxygen atoms in total. The molecule has 4 saturated carbocycles. The van der Waals surface area contributed by atoms with Crippen molar-refractivity contribution in [3.63, 3.8) is 0 Å². The van der Waals surface area contributed by atoms with Gasteiger partial charge in [0.05, 0.1) is 0 Å². The van der Waals surface area contributed by atoms with Crippen molar-refractivity contribution in [2.45, 2.75) is 215 Å². The van der Waals surface area contributed by atoms with Crippen LogP contribution >= 0.6 is 0 Å². The van der Waals surface area contributed by atoms with E-state index < -0.39 is 0 Å². The van der Waals surface area contributed by atoms with Gasteiger partial charge in [-0.05, 0) is 161 Å². The zero-order chi connectivity index (χ0) is 44.5. The lowest BCUT2D eigenvalue weighted by Crippen LogP contribution is -2.63. The van der Waals surface area contributed by atoms with Crippen LogP contribution in [-0.4, -0.2) is 26.7 Å². The van der Waals surface area contributed by atoms with E-state index in [4.69, 9.17) is 0 Å². The van der Waals surface area contributed by atoms with Gasteiger partial charge in [-0.3, -0.25) is 0 Å². The highest BCUT2D eigenvalue weighted by molar-refractivity contribution is 5.18. The highest BCUT2D eigenvalue weighted by Gasteiger charge is 2.69. The fraction of sp³-hybridized carbons (Fsp3) is 0.889. The van der Waals surface area contributed by atoms with Gasteiger partial charge in [0.2, 0.25) is 0 Å². The van der Waals surface area contributed by atoms with Crippen LogP contribution in [0.3, 0.4) is 0 Å². The number of hydrogen-bond donors (Lipinski definition) is 2. The average Bonchev–Trinajstić information content (AvgIpc) is 3.45. The van der Waals surface area contributed by atoms with Crippen LogP contribution in [-0.2, 0) is 0 Å². The van der Waals surface area contributed by atoms with E-state index >= 15 is 0 Å². The summed E-state index contributed by atoms with van der Waals surface area (Å²) in [7, 11) is 2.00. The van der Waals surface area contributed by atoms with Gasteiger partial charge in [-0.1, -0.05) is 162 Å². The zero-order valence-corrected chi connectivity index (χ0v) is 42.7. The average molecular weight is 790 g/mol. The van der Waals surface area contributed by atoms with E-state index in [-0.39, 0.29) is 0 Å². The monoisotopic (exact) mass is 789 g/mol. The Morgan fingerprint density at radius 3 is 1.70 bits per heavy atom. The summed E-state index contributed by atoms with van der Waals surface area (Å²) >= 11 is 0. The molecule has 4 aliphatic rings. The summed E-state index contributed by atoms with van der Waals surface area (Å²) in [5, 5.41) is 6.54. The van der Waals surface area contributed by atoms with Crippen LogP contribution in [0, 0.1) is 69.5 Å². The molecule has 2 N–H and O–H groups in total. The minimum atomic E-state index is 0.533. The molecule has 0 radical (unpaired) electrons. The molecule has 11 atom stereocenters. The second kappa shape index (κ2) is 36.0. The van der Waals surface area contributed by atoms with Gasteiger partial charge in [-0.25, -0.2) is 0 Å². The number of unbranched alkanes of at least 4 members (excludes halogenated alkanes) is 3. The molecule has 11 unspecified atom stereocenters. The van der Waals surface area contributed by atoms with Crippen molar-refractivity contribution in [1.29, 1.82) is 0 Å². The SMILES string of the molecule is C=C.C=CC.C=CCC1C(C)CC2(C)C1CC(C)C1C3(C)CCC(C)C(C)C3CCC12C.CC.CC.CC.CCCCC(C)C.CCCCCNCCCNC. The van der Waals surface area contributed by atoms with Gasteiger partial charge < -0.3 is 10.6 Å². The van der Waals surface area contributed by atoms with Gasteiger partial charge in [0, 0.05) is 0 Å². The molecule has 0 heterocycles. The van der Waals surface area contributed by atoms with Gasteiger partial charge >= 0.3 is 0 Å². The summed E-state index contributed by atoms with van der Waals surface area (Å²) in [5.74, 6) is 8.19. The molecule has 0 saturated heterocycles. The fourth-order valence-electron chi connectivity index (χ4n) is 11.9. The number of fused-ring (bicyclic) bond motifs is 5. The Morgan fingerprint density at radius 1 is 0.696 bits per heavy atom. The molecule has 4 rings (SSSR count). The quantitative estimate of drug-likeness (QED) is 0.143. The van der Waals surface area contributed by atoms with Crippen molar-refractivity contribution in [3.8, 4) is 0 Å². The first-order chi connectivity index (χ1) is 26.7. The molecule has 0 aromatic carbocycles. The predicted molar refractivity (Wildman–Crippen MR) is 264 cm³/mol. The van der Waals surface area contributed by atoms with Crippen LogP contribution in [0.25, 0.3) is 0 Å². The van der Waals surface area contributed by atoms with E-state index in [2.05, 4.69) is 119 Å². The van der Waals surface area contributed by atoms with Gasteiger partial charge in [0.1, 0.15) is 0 Å². The molecule has 0 aromatic rings. The lowest BCUT2D eigenvalue weighted by atomic mass is 9.35. The lowest BCUT2D eigenvalue weighted by molar-refractivity contribution is -0.215. The van der Waals surface area contributed by atoms with E-state index in [0.717, 1.165) is 66.4 Å². The lowest BCUT2D eigenvalue weighted by Gasteiger charge is -2.70. The van der Waals surface area contributed by atoms with E-state index in [9.17, 15) is 0 Å². The van der Waals surface area contributed by atoms with Gasteiger partial charge in [-0.15, -0.1) is 26.3 Å². The molecule has 0 amide bonds. The molecule has 0 aromatic heterocycles. The van der Waals surface area contributed by atoms with Crippen LogP contribution in [0.2, 0.25) is 0 Å². The van der Waals surface area contributed by atoms with Crippen molar-refractivity contribution >= 4 is 0 Å². The molecule has 338 valence electrons. The van der Waals surface area contributed by atoms with Crippen LogP contribution in [0.15, 0.2) is 38.5 Å². The standard InChI is InChI=1S/C27H46.C9H22N2.C7H16.C3H6.3C2H6.C2H4/c1-9-10-21-19(4)16-27(8)23(21)15-18(3)24-25(6)13-11-17(2)20(5)22(25)12-14-26(24,27)7;1-3-4-5-8-11-9-6-7-10-2;1-4-5-6-7(2)3;1-3-2;4*1-2/h9,17-24H,1,10-16H2,2-8H3;10-11H,3-9H2,1-2H3;7H,4-6H2,1-3H3;3H,1H2,2H3;3*1-2H3;1-2H2. The highest BCUT2D eigenvalue weighted by Crippen LogP contribution is 2.76. The normalized spacial score (nSPS) is 33.0. The van der Waals surface area contributed by atoms with Gasteiger partial charge in [0.25, 0.3) is 0 Å². The van der Waals surface area contributed by atoms with Crippen molar-refractivity contribution in [2.24, 2.45) is 69.5 Å². The molecular formula is C54H112N2. The molecule has 0 spiro atoms. The fourth-order valence-corrected chi connectivity index (χ4v) is 11.9. The smallest absolute Gasteiger partial charge is 0.00368 e. The minimum absolute atomic E-state index is 0.533. The molecule has 56 heavy (non-hydrogen) atoms. The summed E-state index contributed by atoms with van der Waals surface area (Å²) in [6.45, 7) is 58.4. The Balaban J connectivity index is -0.000000388. The van der Waals surface area contributed by atoms with Crippen LogP contribution in [0.1, 0.15) is 215 Å². The first-order valence-electron chi connectivity index (χ1n) is 24.7. The molecule has 0 aliphatic heterocycles. The zero-order valence-electron chi connectivity index (χ0n) is 42.7. The third-order valence-electron chi connectivity index (χ3n) is 14.5. The molecule has 2 heteroatoms. The van der Waals surface area contributed by atoms with Gasteiger partial charge in [0.15, 0.2) is 0 Å². The Morgan fingerprint density at radius 2 is 1.23 bits per heavy atom. The summed E-state index contributed by atoms with van der Waals surface area (Å²) in [4.78, 5) is 0. The molecule has 4 aliphatic carbocycles. The number of allylic oxidation sites excluding steroid dienone is 2. The second-order valence-corrected chi connectivity index (χ2v) is 18.4. The Bertz CT molecular complexity index is 872. The van der Waals surface area contributed by atoms with E-state index in [1.54, 1.807) is 6.08 Å². The molecular weight excluding hydrogens is 677 g/mol. The third-order valence-corrected chi connectivity index (χ3v) is 14.5. The van der Waals surface area contributed by atoms with Crippen LogP contribution in [0.4, 0.5) is 0 Å². The van der Waals surface area contributed by atoms with Crippen molar-refractivity contribution in [2.75, 3.05) is 26.7 Å². The van der Waals surface area contributed by atoms with Crippen molar-refractivity contribution in [3.05, 3.63) is 38.5 Å². The number of nitrogens with one attached hydrogen (secondary N) is 2. The van der Waals surface area contributed by atoms with Crippen LogP contribution < -0.4 is 10.6 Å². The third kappa shape index (κ3) is 18.6. The predicted octanol–water partition coefficient (Wildman–Crippen LogP) is 17.3. The summed E-state index contributed by atoms with van der Waals surface area (Å²) in [5.41, 5.74) is 1.65. The number of rotatable bonds is 13. The Labute approximate surface area is 358 Å². The highest BCUT2D eigenvalue weighted by atomic mass is 14.9. The number of hydrogen-bond acceptors (Lipinski definition) is 2. The summed E-state index contributed by atoms with van der Waals surface area (Å²) in [6.07, 6.45) is 23.5. The van der Waals surface area contributed by atoms with Crippen molar-refractivity contribution < 1.29 is 0 Å². The molecule has 4 fully saturated rings. The molecule has 0 bridgehead atoms. The van der Waals surface area contributed by atoms with E-state index in [1.165, 1.54) is 96.4 Å². The Hall–Kier alpha value is -0.860. The maximum absolute atomic E-state index is 4.12. The summed E-state index contributed by atoms with van der Waals surface area (Å²) in [6, 6.07) is 0. The maximum Gasteiger partial charge on any atom is -0.00368 e. The topological polar surface area (TPSA) is 24.1 Å². The summed E-state index contributed by atoms with van der Waals surface area (Å²) < 4.78 is 0. The first-order valence-corrected chi connectivity index (χ1v) is 24.7. The van der Waals surface area contributed by atoms with E-state index in [0.29, 0.717) is 16.2 Å². The Kier molecular flexibility index (Phi) is 39.8. The second-order valence-electron chi connectivity index (χ2n) is 18.4. The van der Waals surface area contributed by atoms with Crippen LogP contribution in [0.5, 0.6) is 0 Å².